The second kappa shape index (κ2) is 29.1. The molecule has 204 valence electrons. The molecule has 0 aromatic carbocycles. The molecule has 0 unspecified atom stereocenters. The zero-order valence-electron chi connectivity index (χ0n) is 22.8. The normalized spacial score (nSPS) is 10.1. The predicted molar refractivity (Wildman–Crippen MR) is 128 cm³/mol. The van der Waals surface area contributed by atoms with Crippen LogP contribution in [0.1, 0.15) is 131 Å². The average molecular weight is 537 g/mol. The van der Waals surface area contributed by atoms with Crippen molar-refractivity contribution in [3.05, 3.63) is 0 Å². The molecule has 0 bridgehead atoms. The first-order valence-electron chi connectivity index (χ1n) is 12.9. The Labute approximate surface area is 222 Å². The molecule has 0 spiro atoms. The Morgan fingerprint density at radius 3 is 1.17 bits per heavy atom. The van der Waals surface area contributed by atoms with Crippen LogP contribution < -0.4 is 10.2 Å². The largest absolute Gasteiger partial charge is 0.550 e. The van der Waals surface area contributed by atoms with Crippen molar-refractivity contribution in [3.8, 4) is 0 Å². The van der Waals surface area contributed by atoms with E-state index in [1.54, 1.807) is 0 Å². The molecule has 0 fully saturated rings. The van der Waals surface area contributed by atoms with Crippen molar-refractivity contribution in [1.82, 2.24) is 0 Å². The predicted octanol–water partition coefficient (Wildman–Crippen LogP) is 3.86. The number of hydrogen-bond acceptors (Lipinski definition) is 8. The fourth-order valence-electron chi connectivity index (χ4n) is 2.57. The number of rotatable bonds is 20. The van der Waals surface area contributed by atoms with E-state index in [-0.39, 0.29) is 11.6 Å². The zero-order valence-corrected chi connectivity index (χ0v) is 24.4. The first-order valence-corrected chi connectivity index (χ1v) is 14.2. The van der Waals surface area contributed by atoms with Gasteiger partial charge in [-0.1, -0.05) is 65.2 Å². The number of carbonyl (C=O) groups is 4. The molecule has 0 amide bonds. The molecule has 0 atom stereocenters. The standard InChI is InChI=1S/2C10H18O3.2C3H7O.Ti/c2*1-2-3-4-5-6-7-9(11)8-10(12)13;2*1-3(2)4;/h2*2-8H2,1H3,(H,12,13);2*3H,1-2H3;/q;;2*-1;+4/p-2. The fourth-order valence-corrected chi connectivity index (χ4v) is 3.26. The minimum absolute atomic E-state index is 0.212. The van der Waals surface area contributed by atoms with Gasteiger partial charge < -0.3 is 19.8 Å². The van der Waals surface area contributed by atoms with Crippen LogP contribution in [0.25, 0.3) is 0 Å². The first-order chi connectivity index (χ1) is 16.5. The number of aliphatic carboxylic acids is 2. The Bertz CT molecular complexity index is 489. The topological polar surface area (TPSA) is 133 Å². The van der Waals surface area contributed by atoms with Gasteiger partial charge in [0.15, 0.2) is 0 Å². The fraction of sp³-hybridized carbons (Fsp3) is 0.846. The summed E-state index contributed by atoms with van der Waals surface area (Å²) in [6, 6.07) is 0. The van der Waals surface area contributed by atoms with Crippen LogP contribution in [-0.2, 0) is 45.7 Å². The van der Waals surface area contributed by atoms with Gasteiger partial charge in [-0.05, 0) is 12.8 Å². The maximum atomic E-state index is 10.9. The van der Waals surface area contributed by atoms with Crippen molar-refractivity contribution in [2.45, 2.75) is 144 Å². The number of carboxylic acids is 2. The molecule has 8 nitrogen and oxygen atoms in total. The Balaban J connectivity index is -0.000000448. The molecule has 0 radical (unpaired) electrons. The van der Waals surface area contributed by atoms with Crippen LogP contribution in [0.15, 0.2) is 0 Å². The van der Waals surface area contributed by atoms with Crippen LogP contribution in [0.3, 0.4) is 0 Å². The third-order valence-corrected chi connectivity index (χ3v) is 6.14. The molecule has 0 N–H and O–H groups in total. The summed E-state index contributed by atoms with van der Waals surface area (Å²) in [5, 5.41) is 20.0. The third-order valence-electron chi connectivity index (χ3n) is 4.37. The van der Waals surface area contributed by atoms with Crippen molar-refractivity contribution in [2.24, 2.45) is 0 Å². The number of hydrogen-bond donors (Lipinski definition) is 0. The van der Waals surface area contributed by atoms with Crippen LogP contribution in [0, 0.1) is 0 Å². The number of carbonyl (C=O) groups excluding carboxylic acids is 4. The summed E-state index contributed by atoms with van der Waals surface area (Å²) in [6.07, 6.45) is 11.2. The summed E-state index contributed by atoms with van der Waals surface area (Å²) in [7, 11) is 0. The van der Waals surface area contributed by atoms with Crippen LogP contribution >= 0.6 is 0 Å². The smallest absolute Gasteiger partial charge is 0.138 e. The molecule has 0 aromatic heterocycles. The summed E-state index contributed by atoms with van der Waals surface area (Å²) in [6.45, 7) is 12.3. The number of carboxylic acid groups (broad SMARTS) is 2. The molecule has 35 heavy (non-hydrogen) atoms. The second-order valence-corrected chi connectivity index (χ2v) is 9.92. The van der Waals surface area contributed by atoms with Crippen molar-refractivity contribution < 1.29 is 56.0 Å². The van der Waals surface area contributed by atoms with Crippen molar-refractivity contribution in [3.63, 3.8) is 0 Å². The van der Waals surface area contributed by atoms with Crippen LogP contribution in [-0.4, -0.2) is 35.7 Å². The van der Waals surface area contributed by atoms with Gasteiger partial charge in [0, 0.05) is 37.6 Å². The van der Waals surface area contributed by atoms with Gasteiger partial charge in [0.2, 0.25) is 0 Å². The van der Waals surface area contributed by atoms with E-state index in [4.69, 9.17) is 6.64 Å². The molecular weight excluding hydrogens is 488 g/mol. The molecule has 0 aliphatic heterocycles. The van der Waals surface area contributed by atoms with Crippen molar-refractivity contribution in [1.29, 1.82) is 0 Å². The van der Waals surface area contributed by atoms with Crippen LogP contribution in [0.2, 0.25) is 0 Å². The van der Waals surface area contributed by atoms with E-state index in [0.29, 0.717) is 25.0 Å². The summed E-state index contributed by atoms with van der Waals surface area (Å²) < 4.78 is 10.5. The van der Waals surface area contributed by atoms with E-state index in [0.717, 1.165) is 38.5 Å². The van der Waals surface area contributed by atoms with Gasteiger partial charge in [0.1, 0.15) is 11.6 Å². The van der Waals surface area contributed by atoms with Crippen molar-refractivity contribution in [2.75, 3.05) is 0 Å². The van der Waals surface area contributed by atoms with E-state index in [1.165, 1.54) is 25.7 Å². The SMILES string of the molecule is CC(C)[O][Ti+2][O]C(C)C.CCCCCCCC(=O)CC(=O)[O-].CCCCCCCC(=O)CC(=O)[O-]. The first kappa shape index (κ1) is 38.4. The molecule has 9 heteroatoms. The van der Waals surface area contributed by atoms with E-state index in [1.807, 2.05) is 27.7 Å². The molecule has 0 rings (SSSR count). The zero-order chi connectivity index (χ0) is 27.5. The third kappa shape index (κ3) is 43.4. The van der Waals surface area contributed by atoms with Gasteiger partial charge >= 0.3 is 66.5 Å². The minimum Gasteiger partial charge on any atom is -0.550 e. The monoisotopic (exact) mass is 536 g/mol. The van der Waals surface area contributed by atoms with E-state index >= 15 is 0 Å². The molecule has 0 saturated carbocycles. The van der Waals surface area contributed by atoms with Gasteiger partial charge in [0.25, 0.3) is 0 Å². The van der Waals surface area contributed by atoms with Gasteiger partial charge in [-0.2, -0.15) is 0 Å². The molecule has 0 heterocycles. The number of unbranched alkanes of at least 4 members (excludes halogenated alkanes) is 8. The Morgan fingerprint density at radius 2 is 0.914 bits per heavy atom. The molecular formula is C26H48O8Ti. The van der Waals surface area contributed by atoms with Crippen LogP contribution in [0.5, 0.6) is 0 Å². The summed E-state index contributed by atoms with van der Waals surface area (Å²) >= 11 is -0.574. The molecule has 0 aromatic rings. The average Bonchev–Trinajstić information content (AvgIpc) is 2.73. The summed E-state index contributed by atoms with van der Waals surface area (Å²) in [5.41, 5.74) is 0. The van der Waals surface area contributed by atoms with E-state index in [9.17, 15) is 29.4 Å². The van der Waals surface area contributed by atoms with Gasteiger partial charge in [-0.25, -0.2) is 0 Å². The van der Waals surface area contributed by atoms with E-state index in [2.05, 4.69) is 13.8 Å². The maximum Gasteiger partial charge on any atom is 0.138 e. The summed E-state index contributed by atoms with van der Waals surface area (Å²) in [4.78, 5) is 41.8. The number of ketones is 2. The van der Waals surface area contributed by atoms with Gasteiger partial charge in [-0.15, -0.1) is 0 Å². The van der Waals surface area contributed by atoms with Gasteiger partial charge in [-0.3, -0.25) is 9.59 Å². The van der Waals surface area contributed by atoms with Crippen molar-refractivity contribution >= 4 is 23.5 Å². The quantitative estimate of drug-likeness (QED) is 0.130. The Kier molecular flexibility index (Phi) is 32.0. The molecule has 0 aliphatic carbocycles. The maximum absolute atomic E-state index is 10.9. The Morgan fingerprint density at radius 1 is 0.600 bits per heavy atom. The minimum atomic E-state index is -1.27. The van der Waals surface area contributed by atoms with Gasteiger partial charge in [0.05, 0.1) is 0 Å². The van der Waals surface area contributed by atoms with E-state index < -0.39 is 44.7 Å². The molecule has 0 aliphatic rings. The van der Waals surface area contributed by atoms with Crippen LogP contribution in [0.4, 0.5) is 0 Å². The second-order valence-electron chi connectivity index (χ2n) is 8.92. The summed E-state index contributed by atoms with van der Waals surface area (Å²) in [5.74, 6) is -2.95. The molecule has 0 saturated heterocycles. The number of Topliss-reactive ketones (excluding diaryl/α,β-unsaturated/α-hetero) is 2. The Hall–Kier alpha value is -1.09.